The SMILES string of the molecule is C[C@@H]1O[C@@H](OCCO[C@@H]2O[C@H](CO)[C@H](OCC(=O)O)[C@H](O)[C@H]2O)[C@@H](O)[C@H](O)[C@@H]1O. The maximum absolute atomic E-state index is 10.6. The fourth-order valence-electron chi connectivity index (χ4n) is 3.04. The molecule has 170 valence electrons. The molecule has 29 heavy (non-hydrogen) atoms. The molecule has 2 fully saturated rings. The third kappa shape index (κ3) is 6.02. The lowest BCUT2D eigenvalue weighted by Crippen LogP contribution is -2.60. The maximum Gasteiger partial charge on any atom is 0.329 e. The third-order valence-corrected chi connectivity index (χ3v) is 4.68. The number of carboxylic acid groups (broad SMARTS) is 1. The number of rotatable bonds is 9. The van der Waals surface area contributed by atoms with Gasteiger partial charge in [-0.25, -0.2) is 4.79 Å². The Labute approximate surface area is 165 Å². The van der Waals surface area contributed by atoms with E-state index in [-0.39, 0.29) is 13.2 Å². The second kappa shape index (κ2) is 10.9. The van der Waals surface area contributed by atoms with E-state index in [2.05, 4.69) is 0 Å². The zero-order valence-corrected chi connectivity index (χ0v) is 15.7. The predicted molar refractivity (Wildman–Crippen MR) is 89.4 cm³/mol. The molecule has 0 aromatic heterocycles. The lowest BCUT2D eigenvalue weighted by Gasteiger charge is -2.41. The summed E-state index contributed by atoms with van der Waals surface area (Å²) in [6.45, 7) is -0.228. The van der Waals surface area contributed by atoms with Gasteiger partial charge in [-0.15, -0.1) is 0 Å². The van der Waals surface area contributed by atoms with Gasteiger partial charge in [0.05, 0.1) is 25.9 Å². The van der Waals surface area contributed by atoms with Crippen molar-refractivity contribution in [2.75, 3.05) is 26.4 Å². The van der Waals surface area contributed by atoms with Crippen molar-refractivity contribution in [3.05, 3.63) is 0 Å². The lowest BCUT2D eigenvalue weighted by molar-refractivity contribution is -0.317. The van der Waals surface area contributed by atoms with Crippen molar-refractivity contribution in [2.45, 2.75) is 68.3 Å². The van der Waals surface area contributed by atoms with Gasteiger partial charge in [0.15, 0.2) is 12.6 Å². The highest BCUT2D eigenvalue weighted by atomic mass is 16.7. The molecule has 0 spiro atoms. The summed E-state index contributed by atoms with van der Waals surface area (Å²) in [7, 11) is 0. The van der Waals surface area contributed by atoms with Gasteiger partial charge < -0.3 is 59.4 Å². The molecule has 0 saturated carbocycles. The highest BCUT2D eigenvalue weighted by Crippen LogP contribution is 2.25. The van der Waals surface area contributed by atoms with E-state index in [0.29, 0.717) is 0 Å². The molecule has 13 nitrogen and oxygen atoms in total. The van der Waals surface area contributed by atoms with Crippen LogP contribution in [-0.4, -0.2) is 130 Å². The zero-order chi connectivity index (χ0) is 21.7. The summed E-state index contributed by atoms with van der Waals surface area (Å²) in [5.41, 5.74) is 0. The molecule has 0 bridgehead atoms. The van der Waals surface area contributed by atoms with Crippen LogP contribution in [0.15, 0.2) is 0 Å². The zero-order valence-electron chi connectivity index (χ0n) is 15.7. The molecule has 0 aromatic rings. The molecule has 0 radical (unpaired) electrons. The number of aliphatic carboxylic acids is 1. The molecule has 2 rings (SSSR count). The number of aliphatic hydroxyl groups is 6. The molecule has 10 atom stereocenters. The smallest absolute Gasteiger partial charge is 0.329 e. The van der Waals surface area contributed by atoms with Gasteiger partial charge in [0, 0.05) is 0 Å². The first-order valence-corrected chi connectivity index (χ1v) is 9.06. The first-order chi connectivity index (χ1) is 13.7. The number of hydrogen-bond donors (Lipinski definition) is 7. The van der Waals surface area contributed by atoms with Gasteiger partial charge in [-0.05, 0) is 6.92 Å². The largest absolute Gasteiger partial charge is 0.480 e. The quantitative estimate of drug-likeness (QED) is 0.174. The summed E-state index contributed by atoms with van der Waals surface area (Å²) in [5.74, 6) is -1.29. The van der Waals surface area contributed by atoms with Crippen LogP contribution in [0.4, 0.5) is 0 Å². The highest BCUT2D eigenvalue weighted by Gasteiger charge is 2.46. The minimum Gasteiger partial charge on any atom is -0.480 e. The van der Waals surface area contributed by atoms with Crippen LogP contribution in [0.1, 0.15) is 6.92 Å². The van der Waals surface area contributed by atoms with Gasteiger partial charge in [-0.1, -0.05) is 0 Å². The number of hydrogen-bond acceptors (Lipinski definition) is 12. The van der Waals surface area contributed by atoms with Gasteiger partial charge in [0.1, 0.15) is 49.3 Å². The summed E-state index contributed by atoms with van der Waals surface area (Å²) in [6.07, 6.45) is -13.1. The third-order valence-electron chi connectivity index (χ3n) is 4.68. The van der Waals surface area contributed by atoms with Crippen LogP contribution >= 0.6 is 0 Å². The normalized spacial score (nSPS) is 43.3. The summed E-state index contributed by atoms with van der Waals surface area (Å²) in [6, 6.07) is 0. The van der Waals surface area contributed by atoms with E-state index < -0.39 is 80.6 Å². The Hall–Kier alpha value is -0.970. The molecule has 2 heterocycles. The monoisotopic (exact) mass is 428 g/mol. The van der Waals surface area contributed by atoms with Gasteiger partial charge in [-0.3, -0.25) is 0 Å². The minimum atomic E-state index is -1.59. The van der Waals surface area contributed by atoms with Crippen molar-refractivity contribution in [2.24, 2.45) is 0 Å². The van der Waals surface area contributed by atoms with Crippen LogP contribution < -0.4 is 0 Å². The van der Waals surface area contributed by atoms with Gasteiger partial charge in [-0.2, -0.15) is 0 Å². The van der Waals surface area contributed by atoms with Crippen LogP contribution in [0.2, 0.25) is 0 Å². The Balaban J connectivity index is 1.81. The van der Waals surface area contributed by atoms with Gasteiger partial charge in [0.2, 0.25) is 0 Å². The molecule has 0 aliphatic carbocycles. The van der Waals surface area contributed by atoms with Crippen LogP contribution in [0.3, 0.4) is 0 Å². The Morgan fingerprint density at radius 2 is 1.38 bits per heavy atom. The van der Waals surface area contributed by atoms with E-state index >= 15 is 0 Å². The van der Waals surface area contributed by atoms with Crippen molar-refractivity contribution in [3.8, 4) is 0 Å². The summed E-state index contributed by atoms with van der Waals surface area (Å²) >= 11 is 0. The minimum absolute atomic E-state index is 0.164. The molecule has 0 aromatic carbocycles. The summed E-state index contributed by atoms with van der Waals surface area (Å²) in [5, 5.41) is 67.5. The first-order valence-electron chi connectivity index (χ1n) is 9.06. The lowest BCUT2D eigenvalue weighted by atomic mass is 9.99. The number of carbonyl (C=O) groups is 1. The van der Waals surface area contributed by atoms with Crippen LogP contribution in [-0.2, 0) is 28.5 Å². The summed E-state index contributed by atoms with van der Waals surface area (Å²) in [4.78, 5) is 10.6. The van der Waals surface area contributed by atoms with Crippen molar-refractivity contribution in [3.63, 3.8) is 0 Å². The molecule has 0 amide bonds. The van der Waals surface area contributed by atoms with Crippen molar-refractivity contribution in [1.82, 2.24) is 0 Å². The second-order valence-corrected chi connectivity index (χ2v) is 6.80. The second-order valence-electron chi connectivity index (χ2n) is 6.80. The average Bonchev–Trinajstić information content (AvgIpc) is 2.69. The first kappa shape index (κ1) is 24.3. The van der Waals surface area contributed by atoms with Gasteiger partial charge >= 0.3 is 5.97 Å². The molecule has 13 heteroatoms. The van der Waals surface area contributed by atoms with Crippen LogP contribution in [0.5, 0.6) is 0 Å². The number of aliphatic hydroxyl groups excluding tert-OH is 6. The topological polar surface area (TPSA) is 205 Å². The Morgan fingerprint density at radius 1 is 0.828 bits per heavy atom. The predicted octanol–water partition coefficient (Wildman–Crippen LogP) is -4.24. The molecule has 2 saturated heterocycles. The van der Waals surface area contributed by atoms with Crippen molar-refractivity contribution in [1.29, 1.82) is 0 Å². The van der Waals surface area contributed by atoms with E-state index in [1.54, 1.807) is 0 Å². The standard InChI is InChI=1S/C16H28O13/c1-6-9(20)10(21)12(23)15(28-6)25-2-3-26-16-13(24)11(22)14(7(4-17)29-16)27-5-8(18)19/h6-7,9-17,20-24H,2-5H2,1H3,(H,18,19)/t6-,7+,9+,10+,11+,12-,13+,14-,15+,16+/m0/s1. The van der Waals surface area contributed by atoms with E-state index in [0.717, 1.165) is 0 Å². The number of carboxylic acids is 1. The molecule has 2 aliphatic heterocycles. The number of ether oxygens (including phenoxy) is 5. The van der Waals surface area contributed by atoms with Crippen LogP contribution in [0.25, 0.3) is 0 Å². The molecule has 7 N–H and O–H groups in total. The highest BCUT2D eigenvalue weighted by molar-refractivity contribution is 5.68. The van der Waals surface area contributed by atoms with Crippen molar-refractivity contribution >= 4 is 5.97 Å². The Kier molecular flexibility index (Phi) is 9.12. The van der Waals surface area contributed by atoms with Crippen molar-refractivity contribution < 1.29 is 64.2 Å². The Bertz CT molecular complexity index is 517. The Morgan fingerprint density at radius 3 is 1.93 bits per heavy atom. The fourth-order valence-corrected chi connectivity index (χ4v) is 3.04. The molecular weight excluding hydrogens is 400 g/mol. The molecular formula is C16H28O13. The van der Waals surface area contributed by atoms with E-state index in [1.165, 1.54) is 6.92 Å². The average molecular weight is 428 g/mol. The van der Waals surface area contributed by atoms with E-state index in [1.807, 2.05) is 0 Å². The van der Waals surface area contributed by atoms with E-state index in [4.69, 9.17) is 28.8 Å². The fraction of sp³-hybridized carbons (Fsp3) is 0.938. The molecule has 0 unspecified atom stereocenters. The van der Waals surface area contributed by atoms with Gasteiger partial charge in [0.25, 0.3) is 0 Å². The van der Waals surface area contributed by atoms with Crippen LogP contribution in [0, 0.1) is 0 Å². The maximum atomic E-state index is 10.6. The summed E-state index contributed by atoms with van der Waals surface area (Å²) < 4.78 is 26.1. The van der Waals surface area contributed by atoms with E-state index in [9.17, 15) is 35.4 Å². The molecule has 2 aliphatic rings.